The highest BCUT2D eigenvalue weighted by atomic mass is 16.2. The van der Waals surface area contributed by atoms with Gasteiger partial charge in [-0.2, -0.15) is 0 Å². The Morgan fingerprint density at radius 2 is 1.88 bits per heavy atom. The van der Waals surface area contributed by atoms with Crippen LogP contribution in [0.4, 0.5) is 0 Å². The Kier molecular flexibility index (Phi) is 6.88. The van der Waals surface area contributed by atoms with Gasteiger partial charge in [0.15, 0.2) is 0 Å². The van der Waals surface area contributed by atoms with Gasteiger partial charge in [-0.25, -0.2) is 4.98 Å². The van der Waals surface area contributed by atoms with Gasteiger partial charge in [-0.15, -0.1) is 0 Å². The lowest BCUT2D eigenvalue weighted by molar-refractivity contribution is -0.130. The van der Waals surface area contributed by atoms with Crippen molar-refractivity contribution in [2.24, 2.45) is 0 Å². The number of para-hydroxylation sites is 2. The van der Waals surface area contributed by atoms with Crippen molar-refractivity contribution in [3.8, 4) is 0 Å². The van der Waals surface area contributed by atoms with Crippen LogP contribution in [-0.4, -0.2) is 57.8 Å². The van der Waals surface area contributed by atoms with Crippen molar-refractivity contribution in [1.29, 1.82) is 0 Å². The summed E-state index contributed by atoms with van der Waals surface area (Å²) in [5.74, 6) is 1.09. The maximum Gasteiger partial charge on any atom is 0.242 e. The molecule has 32 heavy (non-hydrogen) atoms. The van der Waals surface area contributed by atoms with Crippen molar-refractivity contribution in [2.75, 3.05) is 26.7 Å². The first-order valence-electron chi connectivity index (χ1n) is 11.6. The van der Waals surface area contributed by atoms with Gasteiger partial charge in [0, 0.05) is 39.0 Å². The summed E-state index contributed by atoms with van der Waals surface area (Å²) in [6.07, 6.45) is 3.33. The molecule has 1 aliphatic heterocycles. The van der Waals surface area contributed by atoms with Crippen LogP contribution in [0.2, 0.25) is 0 Å². The molecule has 3 aromatic rings. The standard InChI is InChI=1S/C26H32N4O2/c1-3-4-15-28(2)25(32)19-30-23-13-9-8-12-22(23)27-26(30)21-17-24(31)29(18-21)16-14-20-10-6-5-7-11-20/h5-13,21H,3-4,14-19H2,1-2H3. The number of amides is 2. The Balaban J connectivity index is 1.52. The normalized spacial score (nSPS) is 16.1. The van der Waals surface area contributed by atoms with E-state index in [1.807, 2.05) is 59.0 Å². The molecule has 168 valence electrons. The second kappa shape index (κ2) is 9.98. The van der Waals surface area contributed by atoms with Gasteiger partial charge < -0.3 is 14.4 Å². The summed E-state index contributed by atoms with van der Waals surface area (Å²) >= 11 is 0. The molecule has 4 rings (SSSR count). The Hall–Kier alpha value is -3.15. The van der Waals surface area contributed by atoms with Crippen molar-refractivity contribution in [1.82, 2.24) is 19.4 Å². The number of rotatable bonds is 9. The zero-order valence-electron chi connectivity index (χ0n) is 19.0. The van der Waals surface area contributed by atoms with Gasteiger partial charge in [-0.3, -0.25) is 9.59 Å². The number of imidazole rings is 1. The summed E-state index contributed by atoms with van der Waals surface area (Å²) in [7, 11) is 1.86. The molecule has 6 heteroatoms. The van der Waals surface area contributed by atoms with E-state index in [0.717, 1.165) is 42.7 Å². The molecule has 1 atom stereocenters. The number of hydrogen-bond acceptors (Lipinski definition) is 3. The van der Waals surface area contributed by atoms with E-state index in [-0.39, 0.29) is 24.3 Å². The van der Waals surface area contributed by atoms with Gasteiger partial charge in [0.2, 0.25) is 11.8 Å². The molecule has 1 aromatic heterocycles. The van der Waals surface area contributed by atoms with Crippen LogP contribution < -0.4 is 0 Å². The first-order chi connectivity index (χ1) is 15.6. The molecule has 0 bridgehead atoms. The minimum Gasteiger partial charge on any atom is -0.344 e. The predicted octanol–water partition coefficient (Wildman–Crippen LogP) is 3.85. The molecule has 0 saturated carbocycles. The summed E-state index contributed by atoms with van der Waals surface area (Å²) in [5, 5.41) is 0. The quantitative estimate of drug-likeness (QED) is 0.516. The van der Waals surface area contributed by atoms with Gasteiger partial charge >= 0.3 is 0 Å². The Bertz CT molecular complexity index is 1080. The molecule has 1 fully saturated rings. The number of aromatic nitrogens is 2. The van der Waals surface area contributed by atoms with Crippen LogP contribution in [0.15, 0.2) is 54.6 Å². The number of benzene rings is 2. The molecule has 0 N–H and O–H groups in total. The van der Waals surface area contributed by atoms with Crippen molar-refractivity contribution >= 4 is 22.8 Å². The summed E-state index contributed by atoms with van der Waals surface area (Å²) in [4.78, 5) is 34.3. The smallest absolute Gasteiger partial charge is 0.242 e. The number of carbonyl (C=O) groups is 2. The van der Waals surface area contributed by atoms with E-state index < -0.39 is 0 Å². The highest BCUT2D eigenvalue weighted by Gasteiger charge is 2.34. The maximum atomic E-state index is 12.9. The fourth-order valence-electron chi connectivity index (χ4n) is 4.42. The molecular weight excluding hydrogens is 400 g/mol. The lowest BCUT2D eigenvalue weighted by Gasteiger charge is -2.20. The molecule has 0 aliphatic carbocycles. The first kappa shape index (κ1) is 22.1. The molecule has 1 unspecified atom stereocenters. The molecule has 0 radical (unpaired) electrons. The number of nitrogens with zero attached hydrogens (tertiary/aromatic N) is 4. The third-order valence-electron chi connectivity index (χ3n) is 6.34. The molecule has 0 spiro atoms. The second-order valence-electron chi connectivity index (χ2n) is 8.69. The van der Waals surface area contributed by atoms with E-state index in [1.54, 1.807) is 4.90 Å². The molecule has 1 aliphatic rings. The van der Waals surface area contributed by atoms with Crippen LogP contribution in [0.5, 0.6) is 0 Å². The van der Waals surface area contributed by atoms with Gasteiger partial charge in [0.25, 0.3) is 0 Å². The zero-order chi connectivity index (χ0) is 22.5. The molecule has 2 amide bonds. The summed E-state index contributed by atoms with van der Waals surface area (Å²) in [6.45, 7) is 4.49. The number of fused-ring (bicyclic) bond motifs is 1. The average Bonchev–Trinajstić information content (AvgIpc) is 3.37. The summed E-state index contributed by atoms with van der Waals surface area (Å²) in [5.41, 5.74) is 3.06. The van der Waals surface area contributed by atoms with Crippen LogP contribution in [0.3, 0.4) is 0 Å². The largest absolute Gasteiger partial charge is 0.344 e. The first-order valence-corrected chi connectivity index (χ1v) is 11.6. The lowest BCUT2D eigenvalue weighted by atomic mass is 10.1. The van der Waals surface area contributed by atoms with Crippen molar-refractivity contribution in [3.05, 3.63) is 66.0 Å². The van der Waals surface area contributed by atoms with Gasteiger partial charge in [0.05, 0.1) is 11.0 Å². The second-order valence-corrected chi connectivity index (χ2v) is 8.69. The predicted molar refractivity (Wildman–Crippen MR) is 126 cm³/mol. The Morgan fingerprint density at radius 1 is 1.12 bits per heavy atom. The van der Waals surface area contributed by atoms with Crippen molar-refractivity contribution in [2.45, 2.75) is 45.1 Å². The number of carbonyl (C=O) groups excluding carboxylic acids is 2. The fraction of sp³-hybridized carbons (Fsp3) is 0.423. The number of likely N-dealkylation sites (N-methyl/N-ethyl adjacent to an activating group) is 1. The third-order valence-corrected chi connectivity index (χ3v) is 6.34. The molecule has 6 nitrogen and oxygen atoms in total. The summed E-state index contributed by atoms with van der Waals surface area (Å²) in [6, 6.07) is 18.2. The van der Waals surface area contributed by atoms with E-state index >= 15 is 0 Å². The van der Waals surface area contributed by atoms with Crippen LogP contribution in [0, 0.1) is 0 Å². The van der Waals surface area contributed by atoms with Crippen LogP contribution in [0.1, 0.15) is 43.5 Å². The fourth-order valence-corrected chi connectivity index (χ4v) is 4.42. The molecule has 1 saturated heterocycles. The average molecular weight is 433 g/mol. The topological polar surface area (TPSA) is 58.4 Å². The monoisotopic (exact) mass is 432 g/mol. The van der Waals surface area contributed by atoms with Crippen LogP contribution >= 0.6 is 0 Å². The third kappa shape index (κ3) is 4.85. The van der Waals surface area contributed by atoms with Crippen LogP contribution in [0.25, 0.3) is 11.0 Å². The highest BCUT2D eigenvalue weighted by molar-refractivity contribution is 5.83. The minimum absolute atomic E-state index is 0.000536. The lowest BCUT2D eigenvalue weighted by Crippen LogP contribution is -2.32. The highest BCUT2D eigenvalue weighted by Crippen LogP contribution is 2.30. The summed E-state index contributed by atoms with van der Waals surface area (Å²) < 4.78 is 2.03. The van der Waals surface area contributed by atoms with E-state index in [4.69, 9.17) is 4.98 Å². The molecular formula is C26H32N4O2. The van der Waals surface area contributed by atoms with Crippen molar-refractivity contribution in [3.63, 3.8) is 0 Å². The van der Waals surface area contributed by atoms with Gasteiger partial charge in [0.1, 0.15) is 12.4 Å². The molecule has 2 heterocycles. The number of unbranched alkanes of at least 4 members (excludes halogenated alkanes) is 1. The van der Waals surface area contributed by atoms with E-state index in [9.17, 15) is 9.59 Å². The van der Waals surface area contributed by atoms with Crippen LogP contribution in [-0.2, 0) is 22.6 Å². The van der Waals surface area contributed by atoms with E-state index in [1.165, 1.54) is 5.56 Å². The van der Waals surface area contributed by atoms with E-state index in [0.29, 0.717) is 19.5 Å². The maximum absolute atomic E-state index is 12.9. The van der Waals surface area contributed by atoms with Gasteiger partial charge in [-0.05, 0) is 30.5 Å². The van der Waals surface area contributed by atoms with Crippen molar-refractivity contribution < 1.29 is 9.59 Å². The minimum atomic E-state index is -0.000536. The molecule has 2 aromatic carbocycles. The number of likely N-dealkylation sites (tertiary alicyclic amines) is 1. The van der Waals surface area contributed by atoms with Gasteiger partial charge in [-0.1, -0.05) is 55.8 Å². The number of hydrogen-bond donors (Lipinski definition) is 0. The van der Waals surface area contributed by atoms with E-state index in [2.05, 4.69) is 19.1 Å². The Morgan fingerprint density at radius 3 is 2.66 bits per heavy atom. The zero-order valence-corrected chi connectivity index (χ0v) is 19.0. The SMILES string of the molecule is CCCCN(C)C(=O)Cn1c(C2CC(=O)N(CCc3ccccc3)C2)nc2ccccc21. The Labute approximate surface area is 189 Å².